The monoisotopic (exact) mass is 1180 g/mol. The van der Waals surface area contributed by atoms with Gasteiger partial charge in [-0.2, -0.15) is 0 Å². The van der Waals surface area contributed by atoms with E-state index in [9.17, 15) is 38.4 Å². The Kier molecular flexibility index (Phi) is 26.7. The van der Waals surface area contributed by atoms with Crippen LogP contribution in [0.15, 0.2) is 24.3 Å². The molecule has 0 radical (unpaired) electrons. The summed E-state index contributed by atoms with van der Waals surface area (Å²) < 4.78 is 11.2. The predicted molar refractivity (Wildman–Crippen MR) is 317 cm³/mol. The third-order valence-electron chi connectivity index (χ3n) is 16.3. The van der Waals surface area contributed by atoms with Gasteiger partial charge in [-0.1, -0.05) is 94.2 Å². The largest absolute Gasteiger partial charge is 0.497 e. The van der Waals surface area contributed by atoms with E-state index in [1.54, 1.807) is 100 Å². The summed E-state index contributed by atoms with van der Waals surface area (Å²) in [6.45, 7) is 23.6. The summed E-state index contributed by atoms with van der Waals surface area (Å²) in [5.41, 5.74) is -0.161. The minimum absolute atomic E-state index is 0.109. The Labute approximate surface area is 498 Å². The number of benzene rings is 1. The number of hydrogen-bond donors (Lipinski definition) is 4. The average molecular weight is 1180 g/mol. The maximum Gasteiger partial charge on any atom is 0.329 e. The van der Waals surface area contributed by atoms with Crippen molar-refractivity contribution in [2.24, 2.45) is 29.6 Å². The van der Waals surface area contributed by atoms with E-state index in [1.807, 2.05) is 13.8 Å². The van der Waals surface area contributed by atoms with Crippen LogP contribution in [0.3, 0.4) is 0 Å². The SMILES string of the molecule is CC[C@H](C)[C@H]1C(=O)NCC(=O)N(C)[C@@H](C(C)C)C(=O)N[C@@H](Cc2ccc(OC)cc2)C(=O)O[C@@H](C)C(=O)N2CCCC[C@H]2C(=O)N(C)[C@@H](C(C)C)C(=O)N[C@@H](C(C)C)C(=O)N(C)[C@@H](CC(=O)NC(C)(C)C)C(=O)N(C)[C@@H]([C@@H](C)CC)C(=O)N1C. The summed E-state index contributed by atoms with van der Waals surface area (Å²) >= 11 is 0. The van der Waals surface area contributed by atoms with Crippen molar-refractivity contribution in [2.45, 2.75) is 202 Å². The zero-order valence-electron chi connectivity index (χ0n) is 53.7. The number of cyclic esters (lactones) is 1. The summed E-state index contributed by atoms with van der Waals surface area (Å²) in [5.74, 6) is -9.97. The van der Waals surface area contributed by atoms with Crippen LogP contribution < -0.4 is 26.0 Å². The Hall–Kier alpha value is -6.81. The molecule has 23 nitrogen and oxygen atoms in total. The predicted octanol–water partition coefficient (Wildman–Crippen LogP) is 3.15. The Bertz CT molecular complexity index is 2500. The van der Waals surface area contributed by atoms with E-state index >= 15 is 14.4 Å². The number of likely N-dealkylation sites (N-methyl/N-ethyl adjacent to an activating group) is 5. The van der Waals surface area contributed by atoms with Crippen LogP contribution >= 0.6 is 0 Å². The van der Waals surface area contributed by atoms with Gasteiger partial charge >= 0.3 is 5.97 Å². The molecular weight excluding hydrogens is 1080 g/mol. The molecule has 0 unspecified atom stereocenters. The minimum Gasteiger partial charge on any atom is -0.497 e. The highest BCUT2D eigenvalue weighted by Crippen LogP contribution is 2.27. The standard InChI is InChI=1S/C61H100N10O13/c1-21-37(9)50-52(74)62-33-46(73)67(16)48(35(5)6)53(75)63-42(31-40-26-28-41(83-20)29-27-40)60(82)84-39(11)55(77)71-30-24-23-25-43(71)56(78)68(17)49(36(7)8)54(76)64-47(34(3)4)58(80)66(15)44(32-45(72)65-61(12,13)14)57(79)70(19)51(38(10)22-2)59(81)69(50)18/h26-29,34-39,42-44,47-51H,21-25,30-33H2,1-20H3,(H,62,74)(H,63,75)(H,64,76)(H,65,72)/t37-,38-,39-,42-,43-,44-,47-,48-,49-,50-,51-/m0/s1. The van der Waals surface area contributed by atoms with Crippen molar-refractivity contribution in [2.75, 3.05) is 55.4 Å². The number of carbonyl (C=O) groups is 11. The number of ether oxygens (including phenoxy) is 2. The molecule has 2 heterocycles. The van der Waals surface area contributed by atoms with Crippen LogP contribution in [0.1, 0.15) is 141 Å². The highest BCUT2D eigenvalue weighted by Gasteiger charge is 2.46. The Balaban J connectivity index is 2.31. The van der Waals surface area contributed by atoms with Gasteiger partial charge in [0.15, 0.2) is 6.10 Å². The van der Waals surface area contributed by atoms with Crippen LogP contribution in [0.25, 0.3) is 0 Å². The molecule has 1 aromatic carbocycles. The number of rotatable bonds is 12. The van der Waals surface area contributed by atoms with Gasteiger partial charge in [-0.3, -0.25) is 47.9 Å². The molecule has 10 amide bonds. The molecule has 0 bridgehead atoms. The van der Waals surface area contributed by atoms with Crippen molar-refractivity contribution in [3.63, 3.8) is 0 Å². The first kappa shape index (κ1) is 71.5. The van der Waals surface area contributed by atoms with Crippen LogP contribution in [0.5, 0.6) is 5.75 Å². The number of carbonyl (C=O) groups excluding carboxylic acids is 11. The molecule has 3 rings (SSSR count). The number of amides is 10. The normalized spacial score (nSPS) is 26.2. The molecule has 0 spiro atoms. The number of fused-ring (bicyclic) bond motifs is 1. The van der Waals surface area contributed by atoms with E-state index in [4.69, 9.17) is 9.47 Å². The van der Waals surface area contributed by atoms with Crippen LogP contribution in [-0.4, -0.2) is 210 Å². The number of esters is 1. The smallest absolute Gasteiger partial charge is 0.329 e. The summed E-state index contributed by atoms with van der Waals surface area (Å²) in [6.07, 6.45) is -0.0438. The van der Waals surface area contributed by atoms with Crippen LogP contribution in [0.2, 0.25) is 0 Å². The third kappa shape index (κ3) is 18.3. The maximum atomic E-state index is 15.2. The van der Waals surface area contributed by atoms with E-state index in [1.165, 1.54) is 68.9 Å². The molecule has 2 aliphatic heterocycles. The molecule has 472 valence electrons. The molecule has 11 atom stereocenters. The van der Waals surface area contributed by atoms with Crippen LogP contribution in [0.4, 0.5) is 0 Å². The lowest BCUT2D eigenvalue weighted by Crippen LogP contribution is -2.63. The van der Waals surface area contributed by atoms with Crippen molar-refractivity contribution in [1.29, 1.82) is 0 Å². The van der Waals surface area contributed by atoms with Gasteiger partial charge in [0, 0.05) is 53.7 Å². The average Bonchev–Trinajstić information content (AvgIpc) is 3.43. The zero-order chi connectivity index (χ0) is 64.0. The van der Waals surface area contributed by atoms with E-state index in [0.717, 1.165) is 9.80 Å². The van der Waals surface area contributed by atoms with Gasteiger partial charge in [0.1, 0.15) is 54.1 Å². The van der Waals surface area contributed by atoms with E-state index in [-0.39, 0.29) is 19.4 Å². The van der Waals surface area contributed by atoms with Gasteiger partial charge in [0.25, 0.3) is 5.91 Å². The second-order valence-corrected chi connectivity index (χ2v) is 25.0. The number of hydrogen-bond acceptors (Lipinski definition) is 13. The van der Waals surface area contributed by atoms with Gasteiger partial charge in [-0.25, -0.2) is 4.79 Å². The fourth-order valence-electron chi connectivity index (χ4n) is 11.1. The van der Waals surface area contributed by atoms with Crippen LogP contribution in [0, 0.1) is 29.6 Å². The van der Waals surface area contributed by atoms with Crippen molar-refractivity contribution >= 4 is 65.0 Å². The van der Waals surface area contributed by atoms with Gasteiger partial charge in [0.05, 0.1) is 20.1 Å². The van der Waals surface area contributed by atoms with Crippen molar-refractivity contribution in [3.05, 3.63) is 29.8 Å². The van der Waals surface area contributed by atoms with Gasteiger partial charge in [0.2, 0.25) is 53.2 Å². The molecule has 1 aromatic rings. The second kappa shape index (κ2) is 31.4. The molecule has 0 aliphatic carbocycles. The Morgan fingerprint density at radius 1 is 0.643 bits per heavy atom. The summed E-state index contributed by atoms with van der Waals surface area (Å²) in [4.78, 5) is 168. The third-order valence-corrected chi connectivity index (χ3v) is 16.3. The fraction of sp³-hybridized carbons (Fsp3) is 0.721. The lowest BCUT2D eigenvalue weighted by atomic mass is 9.92. The van der Waals surface area contributed by atoms with Gasteiger partial charge < -0.3 is 60.1 Å². The van der Waals surface area contributed by atoms with E-state index in [2.05, 4.69) is 21.3 Å². The van der Waals surface area contributed by atoms with Gasteiger partial charge in [-0.05, 0) is 94.2 Å². The maximum absolute atomic E-state index is 15.2. The topological polar surface area (TPSA) is 274 Å². The first-order valence-corrected chi connectivity index (χ1v) is 29.7. The van der Waals surface area contributed by atoms with Gasteiger partial charge in [-0.15, -0.1) is 0 Å². The first-order chi connectivity index (χ1) is 39.1. The van der Waals surface area contributed by atoms with E-state index in [0.29, 0.717) is 37.0 Å². The number of methoxy groups -OCH3 is 1. The molecule has 0 saturated carbocycles. The quantitative estimate of drug-likeness (QED) is 0.219. The molecule has 4 N–H and O–H groups in total. The number of nitrogens with one attached hydrogen (secondary N) is 4. The van der Waals surface area contributed by atoms with Crippen molar-refractivity contribution in [3.8, 4) is 5.75 Å². The summed E-state index contributed by atoms with van der Waals surface area (Å²) in [7, 11) is 8.52. The lowest BCUT2D eigenvalue weighted by molar-refractivity contribution is -0.165. The highest BCUT2D eigenvalue weighted by molar-refractivity contribution is 6.00. The molecule has 2 fully saturated rings. The number of piperidine rings is 1. The molecule has 2 saturated heterocycles. The summed E-state index contributed by atoms with van der Waals surface area (Å²) in [5, 5.41) is 11.2. The van der Waals surface area contributed by atoms with Crippen LogP contribution in [-0.2, 0) is 63.9 Å². The molecule has 0 aromatic heterocycles. The second-order valence-electron chi connectivity index (χ2n) is 25.0. The highest BCUT2D eigenvalue weighted by atomic mass is 16.5. The van der Waals surface area contributed by atoms with E-state index < -0.39 is 168 Å². The van der Waals surface area contributed by atoms with Crippen molar-refractivity contribution in [1.82, 2.24) is 50.7 Å². The Morgan fingerprint density at radius 3 is 1.69 bits per heavy atom. The molecular formula is C61H100N10O13. The Morgan fingerprint density at radius 2 is 1.17 bits per heavy atom. The van der Waals surface area contributed by atoms with Crippen molar-refractivity contribution < 1.29 is 62.2 Å². The fourth-order valence-corrected chi connectivity index (χ4v) is 11.1. The lowest BCUT2D eigenvalue weighted by Gasteiger charge is -2.41. The molecule has 2 aliphatic rings. The number of nitrogens with zero attached hydrogens (tertiary/aromatic N) is 6. The molecule has 84 heavy (non-hydrogen) atoms. The minimum atomic E-state index is -1.53. The first-order valence-electron chi connectivity index (χ1n) is 29.7. The summed E-state index contributed by atoms with van der Waals surface area (Å²) in [6, 6.07) is -3.41. The zero-order valence-corrected chi connectivity index (χ0v) is 53.7. The molecule has 23 heteroatoms.